The number of nitrogens with zero attached hydrogens (tertiary/aromatic N) is 1. The van der Waals surface area contributed by atoms with Crippen molar-refractivity contribution in [2.75, 3.05) is 12.4 Å². The first kappa shape index (κ1) is 9.27. The summed E-state index contributed by atoms with van der Waals surface area (Å²) in [4.78, 5) is 4.33. The third kappa shape index (κ3) is 1.96. The standard InChI is InChI=1S/C10H15N3O/c1-12-10-5-4-9(8(6-11)13-10)14-7-2-3-7/h4-5,7H,2-3,6,11H2,1H3,(H,12,13). The van der Waals surface area contributed by atoms with Crippen LogP contribution in [0.1, 0.15) is 18.5 Å². The Morgan fingerprint density at radius 1 is 1.57 bits per heavy atom. The van der Waals surface area contributed by atoms with Crippen molar-refractivity contribution < 1.29 is 4.74 Å². The summed E-state index contributed by atoms with van der Waals surface area (Å²) in [5.41, 5.74) is 6.42. The van der Waals surface area contributed by atoms with Gasteiger partial charge in [-0.25, -0.2) is 4.98 Å². The lowest BCUT2D eigenvalue weighted by molar-refractivity contribution is 0.298. The molecule has 0 unspecified atom stereocenters. The summed E-state index contributed by atoms with van der Waals surface area (Å²) in [6.45, 7) is 0.414. The fourth-order valence-corrected chi connectivity index (χ4v) is 1.25. The zero-order valence-corrected chi connectivity index (χ0v) is 8.29. The molecule has 1 saturated carbocycles. The minimum Gasteiger partial charge on any atom is -0.488 e. The Balaban J connectivity index is 2.19. The Labute approximate surface area is 83.5 Å². The van der Waals surface area contributed by atoms with Crippen LogP contribution >= 0.6 is 0 Å². The van der Waals surface area contributed by atoms with Crippen LogP contribution in [0.15, 0.2) is 12.1 Å². The van der Waals surface area contributed by atoms with E-state index >= 15 is 0 Å². The van der Waals surface area contributed by atoms with Crippen molar-refractivity contribution >= 4 is 5.82 Å². The number of aromatic nitrogens is 1. The lowest BCUT2D eigenvalue weighted by Crippen LogP contribution is -2.07. The molecule has 3 N–H and O–H groups in total. The van der Waals surface area contributed by atoms with Gasteiger partial charge in [0.15, 0.2) is 0 Å². The van der Waals surface area contributed by atoms with Crippen LogP contribution in [-0.2, 0) is 6.54 Å². The summed E-state index contributed by atoms with van der Waals surface area (Å²) in [6.07, 6.45) is 2.69. The molecule has 1 aromatic heterocycles. The molecule has 1 aromatic rings. The Morgan fingerprint density at radius 3 is 2.93 bits per heavy atom. The van der Waals surface area contributed by atoms with Crippen LogP contribution < -0.4 is 15.8 Å². The van der Waals surface area contributed by atoms with Gasteiger partial charge in [-0.3, -0.25) is 0 Å². The third-order valence-corrected chi connectivity index (χ3v) is 2.20. The van der Waals surface area contributed by atoms with Crippen LogP contribution in [0.2, 0.25) is 0 Å². The molecule has 2 rings (SSSR count). The van der Waals surface area contributed by atoms with Crippen LogP contribution in [0.25, 0.3) is 0 Å². The lowest BCUT2D eigenvalue weighted by Gasteiger charge is -2.10. The van der Waals surface area contributed by atoms with E-state index in [0.29, 0.717) is 12.6 Å². The summed E-state index contributed by atoms with van der Waals surface area (Å²) < 4.78 is 5.68. The van der Waals surface area contributed by atoms with Crippen LogP contribution in [0.4, 0.5) is 5.82 Å². The van der Waals surface area contributed by atoms with E-state index in [-0.39, 0.29) is 0 Å². The van der Waals surface area contributed by atoms with Gasteiger partial charge in [-0.1, -0.05) is 0 Å². The normalized spacial score (nSPS) is 15.3. The van der Waals surface area contributed by atoms with Crippen molar-refractivity contribution in [3.8, 4) is 5.75 Å². The molecule has 1 fully saturated rings. The highest BCUT2D eigenvalue weighted by Gasteiger charge is 2.24. The van der Waals surface area contributed by atoms with E-state index in [1.54, 1.807) is 0 Å². The van der Waals surface area contributed by atoms with Crippen LogP contribution in [0.5, 0.6) is 5.75 Å². The third-order valence-electron chi connectivity index (χ3n) is 2.20. The summed E-state index contributed by atoms with van der Waals surface area (Å²) in [6, 6.07) is 3.83. The highest BCUT2D eigenvalue weighted by atomic mass is 16.5. The number of hydrogen-bond acceptors (Lipinski definition) is 4. The second kappa shape index (κ2) is 3.84. The van der Waals surface area contributed by atoms with E-state index in [1.807, 2.05) is 19.2 Å². The minimum absolute atomic E-state index is 0.391. The van der Waals surface area contributed by atoms with Gasteiger partial charge in [-0.2, -0.15) is 0 Å². The van der Waals surface area contributed by atoms with Gasteiger partial charge in [0.2, 0.25) is 0 Å². The van der Waals surface area contributed by atoms with E-state index < -0.39 is 0 Å². The predicted molar refractivity (Wildman–Crippen MR) is 55.3 cm³/mol. The molecule has 4 nitrogen and oxygen atoms in total. The van der Waals surface area contributed by atoms with Crippen molar-refractivity contribution in [1.29, 1.82) is 0 Å². The number of nitrogens with two attached hydrogens (primary N) is 1. The summed E-state index contributed by atoms with van der Waals surface area (Å²) in [7, 11) is 1.84. The SMILES string of the molecule is CNc1ccc(OC2CC2)c(CN)n1. The Hall–Kier alpha value is -1.29. The van der Waals surface area contributed by atoms with Crippen LogP contribution in [0, 0.1) is 0 Å². The molecule has 0 radical (unpaired) electrons. The van der Waals surface area contributed by atoms with E-state index in [1.165, 1.54) is 0 Å². The number of hydrogen-bond donors (Lipinski definition) is 2. The van der Waals surface area contributed by atoms with Gasteiger partial charge in [-0.05, 0) is 25.0 Å². The molecule has 14 heavy (non-hydrogen) atoms. The highest BCUT2D eigenvalue weighted by Crippen LogP contribution is 2.28. The zero-order valence-electron chi connectivity index (χ0n) is 8.29. The van der Waals surface area contributed by atoms with Gasteiger partial charge in [0.05, 0.1) is 11.8 Å². The molecule has 0 aromatic carbocycles. The molecule has 0 spiro atoms. The van der Waals surface area contributed by atoms with Crippen LogP contribution in [0.3, 0.4) is 0 Å². The maximum absolute atomic E-state index is 5.68. The van der Waals surface area contributed by atoms with E-state index in [0.717, 1.165) is 30.1 Å². The summed E-state index contributed by atoms with van der Waals surface area (Å²) in [5, 5.41) is 2.98. The number of ether oxygens (including phenoxy) is 1. The Bertz CT molecular complexity index is 323. The summed E-state index contributed by atoms with van der Waals surface area (Å²) >= 11 is 0. The first-order valence-corrected chi connectivity index (χ1v) is 4.88. The molecule has 0 atom stereocenters. The molecular formula is C10H15N3O. The fraction of sp³-hybridized carbons (Fsp3) is 0.500. The van der Waals surface area contributed by atoms with Gasteiger partial charge < -0.3 is 15.8 Å². The lowest BCUT2D eigenvalue weighted by atomic mass is 10.3. The van der Waals surface area contributed by atoms with Gasteiger partial charge in [-0.15, -0.1) is 0 Å². The summed E-state index contributed by atoms with van der Waals surface area (Å²) in [5.74, 6) is 1.66. The van der Waals surface area contributed by atoms with Crippen molar-refractivity contribution in [3.63, 3.8) is 0 Å². The molecule has 76 valence electrons. The number of pyridine rings is 1. The molecule has 0 saturated heterocycles. The molecule has 1 aliphatic carbocycles. The molecule has 0 aliphatic heterocycles. The minimum atomic E-state index is 0.391. The van der Waals surface area contributed by atoms with Crippen LogP contribution in [-0.4, -0.2) is 18.1 Å². The molecule has 0 amide bonds. The first-order valence-electron chi connectivity index (χ1n) is 4.88. The second-order valence-corrected chi connectivity index (χ2v) is 3.41. The average Bonchev–Trinajstić information content (AvgIpc) is 3.02. The first-order chi connectivity index (χ1) is 6.83. The number of nitrogens with one attached hydrogen (secondary N) is 1. The molecule has 1 heterocycles. The van der Waals surface area contributed by atoms with Gasteiger partial charge in [0.1, 0.15) is 11.6 Å². The van der Waals surface area contributed by atoms with Gasteiger partial charge in [0, 0.05) is 13.6 Å². The topological polar surface area (TPSA) is 60.2 Å². The molecule has 4 heteroatoms. The quantitative estimate of drug-likeness (QED) is 0.752. The maximum atomic E-state index is 5.68. The molecule has 0 bridgehead atoms. The Kier molecular flexibility index (Phi) is 2.54. The fourth-order valence-electron chi connectivity index (χ4n) is 1.25. The van der Waals surface area contributed by atoms with Crippen molar-refractivity contribution in [1.82, 2.24) is 4.98 Å². The highest BCUT2D eigenvalue weighted by molar-refractivity contribution is 5.41. The smallest absolute Gasteiger partial charge is 0.142 e. The van der Waals surface area contributed by atoms with E-state index in [9.17, 15) is 0 Å². The largest absolute Gasteiger partial charge is 0.488 e. The van der Waals surface area contributed by atoms with Crippen molar-refractivity contribution in [3.05, 3.63) is 17.8 Å². The monoisotopic (exact) mass is 193 g/mol. The van der Waals surface area contributed by atoms with E-state index in [4.69, 9.17) is 10.5 Å². The second-order valence-electron chi connectivity index (χ2n) is 3.41. The predicted octanol–water partition coefficient (Wildman–Crippen LogP) is 1.12. The van der Waals surface area contributed by atoms with Crippen molar-refractivity contribution in [2.45, 2.75) is 25.5 Å². The van der Waals surface area contributed by atoms with E-state index in [2.05, 4.69) is 10.3 Å². The average molecular weight is 193 g/mol. The maximum Gasteiger partial charge on any atom is 0.142 e. The molecular weight excluding hydrogens is 178 g/mol. The zero-order chi connectivity index (χ0) is 9.97. The van der Waals surface area contributed by atoms with Gasteiger partial charge >= 0.3 is 0 Å². The van der Waals surface area contributed by atoms with Crippen molar-refractivity contribution in [2.24, 2.45) is 5.73 Å². The van der Waals surface area contributed by atoms with Gasteiger partial charge in [0.25, 0.3) is 0 Å². The molecule has 1 aliphatic rings. The number of rotatable bonds is 4. The number of anilines is 1. The Morgan fingerprint density at radius 2 is 2.36 bits per heavy atom.